The Kier molecular flexibility index (Phi) is 4.98. The average Bonchev–Trinajstić information content (AvgIpc) is 2.87. The lowest BCUT2D eigenvalue weighted by Crippen LogP contribution is -2.27. The zero-order valence-electron chi connectivity index (χ0n) is 11.3. The fourth-order valence-electron chi connectivity index (χ4n) is 1.93. The minimum absolute atomic E-state index is 0.243. The highest BCUT2D eigenvalue weighted by Gasteiger charge is 2.29. The normalized spacial score (nSPS) is 28.0. The van der Waals surface area contributed by atoms with E-state index in [4.69, 9.17) is 4.52 Å². The van der Waals surface area contributed by atoms with Gasteiger partial charge in [-0.3, -0.25) is 0 Å². The molecule has 0 aliphatic carbocycles. The molecule has 2 heterocycles. The summed E-state index contributed by atoms with van der Waals surface area (Å²) in [6.45, 7) is 6.49. The number of aromatic nitrogens is 2. The lowest BCUT2D eigenvalue weighted by Gasteiger charge is -2.24. The molecule has 1 aromatic heterocycles. The maximum atomic E-state index is 5.43. The van der Waals surface area contributed by atoms with Crippen LogP contribution >= 0.6 is 23.5 Å². The summed E-state index contributed by atoms with van der Waals surface area (Å²) in [5.41, 5.74) is 0. The summed E-state index contributed by atoms with van der Waals surface area (Å²) in [6, 6.07) is 0.337. The van der Waals surface area contributed by atoms with E-state index in [-0.39, 0.29) is 5.92 Å². The van der Waals surface area contributed by atoms with Gasteiger partial charge in [0.15, 0.2) is 5.82 Å². The Morgan fingerprint density at radius 1 is 1.33 bits per heavy atom. The van der Waals surface area contributed by atoms with Crippen molar-refractivity contribution in [2.24, 2.45) is 0 Å². The molecule has 4 atom stereocenters. The topological polar surface area (TPSA) is 51.0 Å². The molecule has 0 bridgehead atoms. The minimum Gasteiger partial charge on any atom is -0.339 e. The third-order valence-corrected chi connectivity index (χ3v) is 6.58. The van der Waals surface area contributed by atoms with Gasteiger partial charge in [-0.2, -0.15) is 16.7 Å². The second-order valence-corrected chi connectivity index (χ2v) is 7.46. The van der Waals surface area contributed by atoms with Gasteiger partial charge in [-0.15, -0.1) is 11.8 Å². The molecule has 18 heavy (non-hydrogen) atoms. The van der Waals surface area contributed by atoms with Crippen molar-refractivity contribution in [3.63, 3.8) is 0 Å². The predicted molar refractivity (Wildman–Crippen MR) is 78.4 cm³/mol. The summed E-state index contributed by atoms with van der Waals surface area (Å²) in [7, 11) is 1.95. The van der Waals surface area contributed by atoms with Crippen molar-refractivity contribution in [2.75, 3.05) is 18.6 Å². The molecule has 1 aliphatic rings. The quantitative estimate of drug-likeness (QED) is 0.919. The van der Waals surface area contributed by atoms with E-state index in [1.54, 1.807) is 0 Å². The van der Waals surface area contributed by atoms with Gasteiger partial charge >= 0.3 is 0 Å². The predicted octanol–water partition coefficient (Wildman–Crippen LogP) is 2.69. The Balaban J connectivity index is 2.09. The van der Waals surface area contributed by atoms with E-state index in [1.807, 2.05) is 30.6 Å². The molecular formula is C12H21N3OS2. The Bertz CT molecular complexity index is 385. The minimum atomic E-state index is 0.243. The van der Waals surface area contributed by atoms with Gasteiger partial charge in [-0.1, -0.05) is 19.0 Å². The van der Waals surface area contributed by atoms with Crippen LogP contribution in [0.2, 0.25) is 0 Å². The number of rotatable bonds is 4. The van der Waals surface area contributed by atoms with Crippen LogP contribution in [0.5, 0.6) is 0 Å². The first-order valence-corrected chi connectivity index (χ1v) is 8.47. The van der Waals surface area contributed by atoms with Crippen molar-refractivity contribution in [1.29, 1.82) is 0 Å². The molecule has 2 rings (SSSR count). The standard InChI is InChI=1S/C12H21N3OS2/c1-7(8(2)13-4)12-14-11(15-16-12)10-9(3)17-5-6-18-10/h7-10,13H,5-6H2,1-4H3. The van der Waals surface area contributed by atoms with Gasteiger partial charge in [0.2, 0.25) is 5.89 Å². The van der Waals surface area contributed by atoms with Gasteiger partial charge < -0.3 is 9.84 Å². The number of hydrogen-bond acceptors (Lipinski definition) is 6. The summed E-state index contributed by atoms with van der Waals surface area (Å²) in [4.78, 5) is 4.60. The average molecular weight is 287 g/mol. The summed E-state index contributed by atoms with van der Waals surface area (Å²) >= 11 is 3.94. The van der Waals surface area contributed by atoms with Crippen LogP contribution in [0.1, 0.15) is 43.7 Å². The van der Waals surface area contributed by atoms with Crippen molar-refractivity contribution >= 4 is 23.5 Å². The molecular weight excluding hydrogens is 266 g/mol. The molecule has 1 aliphatic heterocycles. The summed E-state index contributed by atoms with van der Waals surface area (Å²) in [5, 5.41) is 8.34. The maximum absolute atomic E-state index is 5.43. The van der Waals surface area contributed by atoms with Crippen LogP contribution in [0.15, 0.2) is 4.52 Å². The van der Waals surface area contributed by atoms with Crippen molar-refractivity contribution in [2.45, 2.75) is 43.2 Å². The second kappa shape index (κ2) is 6.30. The first-order chi connectivity index (χ1) is 8.63. The molecule has 1 saturated heterocycles. The SMILES string of the molecule is CNC(C)C(C)c1nc(C2SCCSC2C)no1. The number of nitrogens with zero attached hydrogens (tertiary/aromatic N) is 2. The van der Waals surface area contributed by atoms with Crippen LogP contribution in [0.3, 0.4) is 0 Å². The van der Waals surface area contributed by atoms with Crippen LogP contribution in [-0.2, 0) is 0 Å². The van der Waals surface area contributed by atoms with E-state index in [2.05, 4.69) is 36.2 Å². The Labute approximate surface area is 117 Å². The van der Waals surface area contributed by atoms with Crippen LogP contribution in [0.4, 0.5) is 0 Å². The summed E-state index contributed by atoms with van der Waals surface area (Å²) < 4.78 is 5.43. The molecule has 0 radical (unpaired) electrons. The smallest absolute Gasteiger partial charge is 0.231 e. The van der Waals surface area contributed by atoms with Gasteiger partial charge in [0, 0.05) is 22.8 Å². The Hall–Kier alpha value is -0.200. The molecule has 4 unspecified atom stereocenters. The van der Waals surface area contributed by atoms with Crippen molar-refractivity contribution < 1.29 is 4.52 Å². The van der Waals surface area contributed by atoms with Crippen LogP contribution in [0, 0.1) is 0 Å². The lowest BCUT2D eigenvalue weighted by atomic mass is 10.0. The zero-order valence-corrected chi connectivity index (χ0v) is 13.0. The molecule has 0 spiro atoms. The highest BCUT2D eigenvalue weighted by molar-refractivity contribution is 8.06. The summed E-state index contributed by atoms with van der Waals surface area (Å²) in [5.74, 6) is 4.25. The highest BCUT2D eigenvalue weighted by atomic mass is 32.2. The Morgan fingerprint density at radius 3 is 2.72 bits per heavy atom. The van der Waals surface area contributed by atoms with Crippen molar-refractivity contribution in [3.05, 3.63) is 11.7 Å². The van der Waals surface area contributed by atoms with Crippen LogP contribution in [-0.4, -0.2) is 40.0 Å². The molecule has 1 aromatic rings. The van der Waals surface area contributed by atoms with E-state index in [0.717, 1.165) is 11.7 Å². The molecule has 0 amide bonds. The molecule has 1 N–H and O–H groups in total. The van der Waals surface area contributed by atoms with Gasteiger partial charge in [-0.25, -0.2) is 0 Å². The number of hydrogen-bond donors (Lipinski definition) is 1. The van der Waals surface area contributed by atoms with Gasteiger partial charge in [0.05, 0.1) is 11.2 Å². The van der Waals surface area contributed by atoms with Gasteiger partial charge in [0.25, 0.3) is 0 Å². The fraction of sp³-hybridized carbons (Fsp3) is 0.833. The van der Waals surface area contributed by atoms with E-state index < -0.39 is 0 Å². The van der Waals surface area contributed by atoms with Crippen molar-refractivity contribution in [3.8, 4) is 0 Å². The number of likely N-dealkylation sites (N-methyl/N-ethyl adjacent to an activating group) is 1. The van der Waals surface area contributed by atoms with Crippen molar-refractivity contribution in [1.82, 2.24) is 15.5 Å². The van der Waals surface area contributed by atoms with E-state index in [1.165, 1.54) is 11.5 Å². The second-order valence-electron chi connectivity index (χ2n) is 4.72. The summed E-state index contributed by atoms with van der Waals surface area (Å²) in [6.07, 6.45) is 0. The monoisotopic (exact) mass is 287 g/mol. The fourth-order valence-corrected chi connectivity index (χ4v) is 4.61. The van der Waals surface area contributed by atoms with E-state index >= 15 is 0 Å². The third kappa shape index (κ3) is 3.03. The molecule has 0 saturated carbocycles. The largest absolute Gasteiger partial charge is 0.339 e. The van der Waals surface area contributed by atoms with E-state index in [0.29, 0.717) is 16.5 Å². The van der Waals surface area contributed by atoms with Gasteiger partial charge in [0.1, 0.15) is 0 Å². The number of thioether (sulfide) groups is 2. The first kappa shape index (κ1) is 14.2. The molecule has 102 valence electrons. The first-order valence-electron chi connectivity index (χ1n) is 6.37. The highest BCUT2D eigenvalue weighted by Crippen LogP contribution is 2.41. The zero-order chi connectivity index (χ0) is 13.1. The molecule has 0 aromatic carbocycles. The maximum Gasteiger partial charge on any atom is 0.231 e. The molecule has 4 nitrogen and oxygen atoms in total. The molecule has 1 fully saturated rings. The lowest BCUT2D eigenvalue weighted by molar-refractivity contribution is 0.333. The third-order valence-electron chi connectivity index (χ3n) is 3.49. The van der Waals surface area contributed by atoms with Gasteiger partial charge in [-0.05, 0) is 14.0 Å². The Morgan fingerprint density at radius 2 is 2.06 bits per heavy atom. The van der Waals surface area contributed by atoms with Crippen LogP contribution in [0.25, 0.3) is 0 Å². The number of nitrogens with one attached hydrogen (secondary N) is 1. The van der Waals surface area contributed by atoms with Crippen LogP contribution < -0.4 is 5.32 Å². The molecule has 6 heteroatoms. The van der Waals surface area contributed by atoms with E-state index in [9.17, 15) is 0 Å².